The van der Waals surface area contributed by atoms with E-state index in [1.165, 1.54) is 18.1 Å². The van der Waals surface area contributed by atoms with Gasteiger partial charge in [-0.05, 0) is 52.4 Å². The highest BCUT2D eigenvalue weighted by Gasteiger charge is 2.24. The van der Waals surface area contributed by atoms with Crippen molar-refractivity contribution in [1.29, 1.82) is 0 Å². The molecule has 0 radical (unpaired) electrons. The second kappa shape index (κ2) is 7.87. The zero-order valence-electron chi connectivity index (χ0n) is 13.7. The Morgan fingerprint density at radius 2 is 1.81 bits per heavy atom. The maximum atomic E-state index is 12.5. The first-order valence-corrected chi connectivity index (χ1v) is 8.35. The number of tetrazole rings is 1. The Balaban J connectivity index is 1.79. The summed E-state index contributed by atoms with van der Waals surface area (Å²) in [6.07, 6.45) is 1.45. The fraction of sp³-hybridized carbons (Fsp3) is 0.118. The second-order valence-electron chi connectivity index (χ2n) is 5.28. The number of carbonyl (C=O) groups is 2. The number of rotatable bonds is 5. The number of carbonyl (C=O) groups excluding carboxylic acids is 2. The van der Waals surface area contributed by atoms with Crippen LogP contribution in [0.25, 0.3) is 5.69 Å². The first-order chi connectivity index (χ1) is 12.6. The minimum Gasteiger partial charge on any atom is -0.467 e. The summed E-state index contributed by atoms with van der Waals surface area (Å²) in [7, 11) is 1.28. The number of esters is 1. The number of amides is 1. The number of ether oxygens (including phenoxy) is 1. The molecule has 1 atom stereocenters. The number of hydrogen-bond acceptors (Lipinski definition) is 6. The fourth-order valence-corrected chi connectivity index (χ4v) is 2.58. The van der Waals surface area contributed by atoms with Gasteiger partial charge in [-0.1, -0.05) is 28.1 Å². The predicted molar refractivity (Wildman–Crippen MR) is 95.5 cm³/mol. The summed E-state index contributed by atoms with van der Waals surface area (Å²) in [5.41, 5.74) is 1.73. The van der Waals surface area contributed by atoms with Crippen LogP contribution in [0.15, 0.2) is 59.3 Å². The Bertz CT molecular complexity index is 895. The maximum Gasteiger partial charge on any atom is 0.333 e. The molecule has 0 spiro atoms. The summed E-state index contributed by atoms with van der Waals surface area (Å²) in [4.78, 5) is 24.6. The molecule has 2 aromatic carbocycles. The number of benzene rings is 2. The summed E-state index contributed by atoms with van der Waals surface area (Å²) < 4.78 is 7.15. The van der Waals surface area contributed by atoms with E-state index in [0.717, 1.165) is 4.47 Å². The van der Waals surface area contributed by atoms with Gasteiger partial charge in [0.1, 0.15) is 6.33 Å². The van der Waals surface area contributed by atoms with E-state index >= 15 is 0 Å². The monoisotopic (exact) mass is 415 g/mol. The van der Waals surface area contributed by atoms with Crippen LogP contribution in [0.3, 0.4) is 0 Å². The molecule has 1 aromatic heterocycles. The van der Waals surface area contributed by atoms with E-state index in [2.05, 4.69) is 36.8 Å². The van der Waals surface area contributed by atoms with Crippen molar-refractivity contribution in [2.75, 3.05) is 7.11 Å². The van der Waals surface area contributed by atoms with Crippen molar-refractivity contribution in [3.05, 3.63) is 70.5 Å². The van der Waals surface area contributed by atoms with Gasteiger partial charge in [-0.2, -0.15) is 0 Å². The zero-order valence-corrected chi connectivity index (χ0v) is 15.3. The van der Waals surface area contributed by atoms with Crippen LogP contribution in [-0.4, -0.2) is 39.2 Å². The van der Waals surface area contributed by atoms with Gasteiger partial charge in [0.25, 0.3) is 5.91 Å². The van der Waals surface area contributed by atoms with Crippen molar-refractivity contribution < 1.29 is 14.3 Å². The molecule has 1 N–H and O–H groups in total. The molecule has 0 bridgehead atoms. The van der Waals surface area contributed by atoms with Crippen LogP contribution in [0.5, 0.6) is 0 Å². The zero-order chi connectivity index (χ0) is 18.5. The average Bonchev–Trinajstić information content (AvgIpc) is 3.21. The molecule has 0 saturated heterocycles. The van der Waals surface area contributed by atoms with Crippen molar-refractivity contribution in [1.82, 2.24) is 25.5 Å². The molecular formula is C17H14BrN5O3. The third kappa shape index (κ3) is 3.94. The van der Waals surface area contributed by atoms with Gasteiger partial charge in [-0.3, -0.25) is 4.79 Å². The van der Waals surface area contributed by atoms with Crippen LogP contribution >= 0.6 is 15.9 Å². The van der Waals surface area contributed by atoms with Crippen LogP contribution in [0.1, 0.15) is 22.0 Å². The Morgan fingerprint density at radius 1 is 1.12 bits per heavy atom. The average molecular weight is 416 g/mol. The Hall–Kier alpha value is -3.07. The molecule has 0 aliphatic heterocycles. The number of nitrogens with zero attached hydrogens (tertiary/aromatic N) is 4. The molecule has 9 heteroatoms. The predicted octanol–water partition coefficient (Wildman–Crippen LogP) is 2.07. The molecule has 3 rings (SSSR count). The van der Waals surface area contributed by atoms with E-state index in [1.807, 2.05) is 0 Å². The Kier molecular flexibility index (Phi) is 5.37. The van der Waals surface area contributed by atoms with Crippen LogP contribution in [-0.2, 0) is 9.53 Å². The Labute approximate surface area is 157 Å². The molecule has 3 aromatic rings. The van der Waals surface area contributed by atoms with Crippen molar-refractivity contribution in [2.24, 2.45) is 0 Å². The smallest absolute Gasteiger partial charge is 0.333 e. The van der Waals surface area contributed by atoms with Crippen molar-refractivity contribution in [3.8, 4) is 5.69 Å². The molecule has 132 valence electrons. The highest BCUT2D eigenvalue weighted by molar-refractivity contribution is 9.10. The highest BCUT2D eigenvalue weighted by atomic mass is 79.9. The first-order valence-electron chi connectivity index (χ1n) is 7.56. The van der Waals surface area contributed by atoms with Crippen molar-refractivity contribution >= 4 is 27.8 Å². The lowest BCUT2D eigenvalue weighted by Gasteiger charge is -2.17. The van der Waals surface area contributed by atoms with E-state index in [-0.39, 0.29) is 0 Å². The summed E-state index contributed by atoms with van der Waals surface area (Å²) >= 11 is 3.34. The first kappa shape index (κ1) is 17.7. The third-order valence-electron chi connectivity index (χ3n) is 3.66. The minimum absolute atomic E-state index is 0.396. The molecular weight excluding hydrogens is 402 g/mol. The van der Waals surface area contributed by atoms with Gasteiger partial charge < -0.3 is 10.1 Å². The lowest BCUT2D eigenvalue weighted by atomic mass is 10.1. The number of nitrogens with one attached hydrogen (secondary N) is 1. The molecule has 26 heavy (non-hydrogen) atoms. The molecule has 8 nitrogen and oxygen atoms in total. The molecule has 0 aliphatic rings. The lowest BCUT2D eigenvalue weighted by Crippen LogP contribution is -2.34. The maximum absolute atomic E-state index is 12.5. The molecule has 0 fully saturated rings. The minimum atomic E-state index is -0.903. The van der Waals surface area contributed by atoms with Gasteiger partial charge in [0, 0.05) is 10.0 Å². The highest BCUT2D eigenvalue weighted by Crippen LogP contribution is 2.19. The molecule has 0 aliphatic carbocycles. The molecule has 1 heterocycles. The standard InChI is InChI=1S/C17H14BrN5O3/c1-26-17(25)15(11-2-6-13(18)7-3-11)20-16(24)12-4-8-14(9-5-12)23-10-19-21-22-23/h2-10,15H,1H3,(H,20,24). The van der Waals surface area contributed by atoms with Crippen LogP contribution in [0.4, 0.5) is 0 Å². The van der Waals surface area contributed by atoms with E-state index in [1.54, 1.807) is 48.5 Å². The molecule has 1 unspecified atom stereocenters. The number of aromatic nitrogens is 4. The van der Waals surface area contributed by atoms with Gasteiger partial charge in [0.05, 0.1) is 12.8 Å². The van der Waals surface area contributed by atoms with E-state index in [4.69, 9.17) is 4.74 Å². The van der Waals surface area contributed by atoms with Gasteiger partial charge in [-0.25, -0.2) is 9.48 Å². The number of halogens is 1. The largest absolute Gasteiger partial charge is 0.467 e. The summed E-state index contributed by atoms with van der Waals surface area (Å²) in [6, 6.07) is 12.8. The summed E-state index contributed by atoms with van der Waals surface area (Å²) in [5.74, 6) is -0.947. The van der Waals surface area contributed by atoms with Crippen molar-refractivity contribution in [3.63, 3.8) is 0 Å². The fourth-order valence-electron chi connectivity index (χ4n) is 2.31. The van der Waals surface area contributed by atoms with E-state index < -0.39 is 17.9 Å². The second-order valence-corrected chi connectivity index (χ2v) is 6.20. The summed E-state index contributed by atoms with van der Waals surface area (Å²) in [6.45, 7) is 0. The van der Waals surface area contributed by atoms with Gasteiger partial charge >= 0.3 is 5.97 Å². The molecule has 1 amide bonds. The van der Waals surface area contributed by atoms with E-state index in [9.17, 15) is 9.59 Å². The molecule has 0 saturated carbocycles. The SMILES string of the molecule is COC(=O)C(NC(=O)c1ccc(-n2cnnn2)cc1)c1ccc(Br)cc1. The van der Waals surface area contributed by atoms with Gasteiger partial charge in [-0.15, -0.1) is 5.10 Å². The number of hydrogen-bond donors (Lipinski definition) is 1. The van der Waals surface area contributed by atoms with Crippen molar-refractivity contribution in [2.45, 2.75) is 6.04 Å². The van der Waals surface area contributed by atoms with Gasteiger partial charge in [0.15, 0.2) is 6.04 Å². The number of methoxy groups -OCH3 is 1. The van der Waals surface area contributed by atoms with Gasteiger partial charge in [0.2, 0.25) is 0 Å². The normalized spacial score (nSPS) is 11.6. The van der Waals surface area contributed by atoms with Crippen LogP contribution in [0.2, 0.25) is 0 Å². The third-order valence-corrected chi connectivity index (χ3v) is 4.19. The van der Waals surface area contributed by atoms with Crippen LogP contribution < -0.4 is 5.32 Å². The topological polar surface area (TPSA) is 99.0 Å². The lowest BCUT2D eigenvalue weighted by molar-refractivity contribution is -0.143. The van der Waals surface area contributed by atoms with E-state index in [0.29, 0.717) is 16.8 Å². The summed E-state index contributed by atoms with van der Waals surface area (Å²) in [5, 5.41) is 13.6. The van der Waals surface area contributed by atoms with Crippen LogP contribution in [0, 0.1) is 0 Å². The Morgan fingerprint density at radius 3 is 2.38 bits per heavy atom. The quantitative estimate of drug-likeness (QED) is 0.640.